The van der Waals surface area contributed by atoms with E-state index in [2.05, 4.69) is 36.6 Å². The van der Waals surface area contributed by atoms with Gasteiger partial charge in [-0.2, -0.15) is 0 Å². The molecule has 1 aliphatic carbocycles. The zero-order chi connectivity index (χ0) is 14.0. The zero-order valence-electron chi connectivity index (χ0n) is 12.4. The lowest BCUT2D eigenvalue weighted by Gasteiger charge is -2.36. The number of nitrogens with two attached hydrogens (primary N) is 1. The second kappa shape index (κ2) is 5.84. The highest BCUT2D eigenvalue weighted by Crippen LogP contribution is 2.38. The summed E-state index contributed by atoms with van der Waals surface area (Å²) in [5.41, 5.74) is 5.99. The summed E-state index contributed by atoms with van der Waals surface area (Å²) in [6, 6.07) is 9.13. The van der Waals surface area contributed by atoms with E-state index in [1.54, 1.807) is 0 Å². The summed E-state index contributed by atoms with van der Waals surface area (Å²) in [4.78, 5) is 0. The Kier molecular flexibility index (Phi) is 4.11. The molecule has 0 radical (unpaired) electrons. The average Bonchev–Trinajstić information content (AvgIpc) is 2.92. The van der Waals surface area contributed by atoms with Crippen LogP contribution in [-0.2, 0) is 11.2 Å². The molecular weight excluding hydrogens is 248 g/mol. The number of nitrogens with one attached hydrogen (secondary N) is 1. The van der Waals surface area contributed by atoms with Crippen LogP contribution in [-0.4, -0.2) is 18.2 Å². The van der Waals surface area contributed by atoms with Gasteiger partial charge in [0.2, 0.25) is 0 Å². The van der Waals surface area contributed by atoms with Gasteiger partial charge >= 0.3 is 0 Å². The topological polar surface area (TPSA) is 47.3 Å². The molecule has 3 rings (SSSR count). The van der Waals surface area contributed by atoms with Gasteiger partial charge in [-0.1, -0.05) is 24.3 Å². The molecule has 2 aliphatic rings. The van der Waals surface area contributed by atoms with E-state index in [4.69, 9.17) is 10.6 Å². The van der Waals surface area contributed by atoms with Crippen LogP contribution in [0.2, 0.25) is 0 Å². The number of hydrazine groups is 1. The quantitative estimate of drug-likeness (QED) is 0.655. The van der Waals surface area contributed by atoms with Crippen molar-refractivity contribution in [2.45, 2.75) is 63.0 Å². The molecule has 3 atom stereocenters. The SMILES string of the molecule is CC1(C(CC2CCCc3ccccc32)NN)CCCO1. The van der Waals surface area contributed by atoms with Gasteiger partial charge in [-0.3, -0.25) is 11.3 Å². The van der Waals surface area contributed by atoms with E-state index in [0.717, 1.165) is 25.9 Å². The summed E-state index contributed by atoms with van der Waals surface area (Å²) in [7, 11) is 0. The highest BCUT2D eigenvalue weighted by atomic mass is 16.5. The Balaban J connectivity index is 1.77. The molecule has 3 nitrogen and oxygen atoms in total. The predicted molar refractivity (Wildman–Crippen MR) is 81.4 cm³/mol. The first-order chi connectivity index (χ1) is 9.73. The van der Waals surface area contributed by atoms with E-state index in [1.807, 2.05) is 0 Å². The van der Waals surface area contributed by atoms with Gasteiger partial charge < -0.3 is 4.74 Å². The fraction of sp³-hybridized carbons (Fsp3) is 0.647. The minimum atomic E-state index is -0.0961. The standard InChI is InChI=1S/C17H26N2O/c1-17(10-5-11-20-17)16(19-18)12-14-8-4-7-13-6-2-3-9-15(13)14/h2-3,6,9,14,16,19H,4-5,7-8,10-12,18H2,1H3. The van der Waals surface area contributed by atoms with Crippen molar-refractivity contribution in [3.63, 3.8) is 0 Å². The van der Waals surface area contributed by atoms with Crippen molar-refractivity contribution in [1.29, 1.82) is 0 Å². The molecule has 0 bridgehead atoms. The number of fused-ring (bicyclic) bond motifs is 1. The first-order valence-corrected chi connectivity index (χ1v) is 7.91. The van der Waals surface area contributed by atoms with E-state index in [0.29, 0.717) is 5.92 Å². The molecule has 1 aromatic carbocycles. The Morgan fingerprint density at radius 1 is 1.40 bits per heavy atom. The minimum Gasteiger partial charge on any atom is -0.374 e. The molecule has 110 valence electrons. The maximum atomic E-state index is 5.98. The van der Waals surface area contributed by atoms with Gasteiger partial charge in [-0.25, -0.2) is 0 Å². The van der Waals surface area contributed by atoms with Crippen LogP contribution in [0.15, 0.2) is 24.3 Å². The third-order valence-electron chi connectivity index (χ3n) is 5.20. The molecule has 1 fully saturated rings. The van der Waals surface area contributed by atoms with Gasteiger partial charge in [0, 0.05) is 6.61 Å². The van der Waals surface area contributed by atoms with Gasteiger partial charge in [0.05, 0.1) is 11.6 Å². The number of rotatable bonds is 4. The summed E-state index contributed by atoms with van der Waals surface area (Å²) in [6.45, 7) is 3.08. The van der Waals surface area contributed by atoms with Crippen LogP contribution in [0.25, 0.3) is 0 Å². The molecule has 1 aromatic rings. The Labute approximate surface area is 121 Å². The van der Waals surface area contributed by atoms with Crippen LogP contribution in [0.5, 0.6) is 0 Å². The number of hydrogen-bond donors (Lipinski definition) is 2. The van der Waals surface area contributed by atoms with E-state index < -0.39 is 0 Å². The van der Waals surface area contributed by atoms with Gasteiger partial charge in [0.15, 0.2) is 0 Å². The molecule has 3 heteroatoms. The van der Waals surface area contributed by atoms with Crippen LogP contribution in [0.3, 0.4) is 0 Å². The summed E-state index contributed by atoms with van der Waals surface area (Å²) < 4.78 is 5.98. The van der Waals surface area contributed by atoms with Crippen molar-refractivity contribution in [1.82, 2.24) is 5.43 Å². The molecule has 1 aliphatic heterocycles. The van der Waals surface area contributed by atoms with Crippen LogP contribution < -0.4 is 11.3 Å². The molecule has 0 spiro atoms. The first kappa shape index (κ1) is 14.1. The molecule has 3 N–H and O–H groups in total. The molecule has 20 heavy (non-hydrogen) atoms. The monoisotopic (exact) mass is 274 g/mol. The number of ether oxygens (including phenoxy) is 1. The van der Waals surface area contributed by atoms with Crippen LogP contribution in [0, 0.1) is 0 Å². The fourth-order valence-corrected chi connectivity index (χ4v) is 3.95. The Hall–Kier alpha value is -0.900. The van der Waals surface area contributed by atoms with Crippen LogP contribution in [0.1, 0.15) is 56.1 Å². The number of hydrogen-bond acceptors (Lipinski definition) is 3. The van der Waals surface area contributed by atoms with Gasteiger partial charge in [-0.05, 0) is 62.5 Å². The van der Waals surface area contributed by atoms with Crippen molar-refractivity contribution < 1.29 is 4.74 Å². The largest absolute Gasteiger partial charge is 0.374 e. The highest BCUT2D eigenvalue weighted by Gasteiger charge is 2.39. The lowest BCUT2D eigenvalue weighted by Crippen LogP contribution is -2.52. The second-order valence-electron chi connectivity index (χ2n) is 6.51. The average molecular weight is 274 g/mol. The van der Waals surface area contributed by atoms with Crippen molar-refractivity contribution in [3.05, 3.63) is 35.4 Å². The fourth-order valence-electron chi connectivity index (χ4n) is 3.95. The third-order valence-corrected chi connectivity index (χ3v) is 5.20. The molecule has 0 aromatic heterocycles. The molecule has 0 saturated carbocycles. The van der Waals surface area contributed by atoms with E-state index in [-0.39, 0.29) is 11.6 Å². The van der Waals surface area contributed by atoms with Gasteiger partial charge in [0.1, 0.15) is 0 Å². The zero-order valence-corrected chi connectivity index (χ0v) is 12.4. The molecule has 1 heterocycles. The van der Waals surface area contributed by atoms with Crippen molar-refractivity contribution in [2.24, 2.45) is 5.84 Å². The van der Waals surface area contributed by atoms with E-state index in [1.165, 1.54) is 30.4 Å². The summed E-state index contributed by atoms with van der Waals surface area (Å²) in [5.74, 6) is 6.46. The van der Waals surface area contributed by atoms with E-state index in [9.17, 15) is 0 Å². The summed E-state index contributed by atoms with van der Waals surface area (Å²) >= 11 is 0. The van der Waals surface area contributed by atoms with E-state index >= 15 is 0 Å². The van der Waals surface area contributed by atoms with Crippen molar-refractivity contribution >= 4 is 0 Å². The Morgan fingerprint density at radius 3 is 3.00 bits per heavy atom. The maximum absolute atomic E-state index is 5.98. The Bertz CT molecular complexity index is 454. The molecule has 3 unspecified atom stereocenters. The Morgan fingerprint density at radius 2 is 2.25 bits per heavy atom. The number of aryl methyl sites for hydroxylation is 1. The van der Waals surface area contributed by atoms with Crippen molar-refractivity contribution in [3.8, 4) is 0 Å². The summed E-state index contributed by atoms with van der Waals surface area (Å²) in [6.07, 6.45) is 7.11. The summed E-state index contributed by atoms with van der Waals surface area (Å²) in [5, 5.41) is 0. The molecule has 1 saturated heterocycles. The first-order valence-electron chi connectivity index (χ1n) is 7.91. The maximum Gasteiger partial charge on any atom is 0.0821 e. The smallest absolute Gasteiger partial charge is 0.0821 e. The molecule has 0 amide bonds. The third kappa shape index (κ3) is 2.62. The lowest BCUT2D eigenvalue weighted by molar-refractivity contribution is -0.0161. The van der Waals surface area contributed by atoms with Crippen molar-refractivity contribution in [2.75, 3.05) is 6.61 Å². The van der Waals surface area contributed by atoms with Crippen LogP contribution in [0.4, 0.5) is 0 Å². The normalized spacial score (nSPS) is 31.0. The predicted octanol–water partition coefficient (Wildman–Crippen LogP) is 2.90. The molecular formula is C17H26N2O. The van der Waals surface area contributed by atoms with Crippen LogP contribution >= 0.6 is 0 Å². The number of benzene rings is 1. The second-order valence-corrected chi connectivity index (χ2v) is 6.51. The minimum absolute atomic E-state index is 0.0961. The lowest BCUT2D eigenvalue weighted by atomic mass is 9.76. The highest BCUT2D eigenvalue weighted by molar-refractivity contribution is 5.32. The van der Waals surface area contributed by atoms with Gasteiger partial charge in [-0.15, -0.1) is 0 Å². The van der Waals surface area contributed by atoms with Gasteiger partial charge in [0.25, 0.3) is 0 Å².